The average molecular weight is 179 g/mol. The maximum atomic E-state index is 11.2. The van der Waals surface area contributed by atoms with Crippen molar-refractivity contribution in [1.29, 1.82) is 0 Å². The van der Waals surface area contributed by atoms with E-state index in [2.05, 4.69) is 5.32 Å². The van der Waals surface area contributed by atoms with E-state index < -0.39 is 15.1 Å². The summed E-state index contributed by atoms with van der Waals surface area (Å²) in [6.07, 6.45) is 0. The molecule has 11 heavy (non-hydrogen) atoms. The van der Waals surface area contributed by atoms with Gasteiger partial charge in [0.2, 0.25) is 0 Å². The quantitative estimate of drug-likeness (QED) is 0.528. The summed E-state index contributed by atoms with van der Waals surface area (Å²) in [5, 5.41) is 11.1. The molecular formula is C6H13NO3S. The van der Waals surface area contributed by atoms with Crippen molar-refractivity contribution in [1.82, 2.24) is 5.32 Å². The van der Waals surface area contributed by atoms with Crippen LogP contribution in [0, 0.1) is 0 Å². The molecule has 1 aliphatic rings. The van der Waals surface area contributed by atoms with Crippen molar-refractivity contribution in [3.05, 3.63) is 0 Å². The van der Waals surface area contributed by atoms with Gasteiger partial charge in [0.15, 0.2) is 9.84 Å². The number of aliphatic hydroxyl groups is 1. The van der Waals surface area contributed by atoms with E-state index in [1.54, 1.807) is 0 Å². The zero-order valence-electron chi connectivity index (χ0n) is 6.45. The van der Waals surface area contributed by atoms with Crippen molar-refractivity contribution in [3.8, 4) is 0 Å². The first-order chi connectivity index (χ1) is 5.06. The Labute approximate surface area is 66.5 Å². The zero-order valence-corrected chi connectivity index (χ0v) is 7.26. The molecule has 0 aromatic rings. The van der Waals surface area contributed by atoms with Crippen LogP contribution < -0.4 is 5.32 Å². The van der Waals surface area contributed by atoms with Gasteiger partial charge in [-0.15, -0.1) is 0 Å². The highest BCUT2D eigenvalue weighted by Gasteiger charge is 2.31. The first-order valence-corrected chi connectivity index (χ1v) is 5.33. The Bertz CT molecular complexity index is 224. The summed E-state index contributed by atoms with van der Waals surface area (Å²) in [6, 6.07) is 0.0165. The SMILES string of the molecule is C[C@@H]1CS(=O)(=O)[C@H](CO)CN1. The first-order valence-electron chi connectivity index (χ1n) is 3.62. The Balaban J connectivity index is 2.73. The van der Waals surface area contributed by atoms with Gasteiger partial charge in [-0.25, -0.2) is 8.42 Å². The van der Waals surface area contributed by atoms with Gasteiger partial charge in [-0.2, -0.15) is 0 Å². The molecule has 0 unspecified atom stereocenters. The maximum Gasteiger partial charge on any atom is 0.158 e. The fourth-order valence-electron chi connectivity index (χ4n) is 1.18. The van der Waals surface area contributed by atoms with Gasteiger partial charge in [-0.1, -0.05) is 0 Å². The van der Waals surface area contributed by atoms with Gasteiger partial charge < -0.3 is 10.4 Å². The second kappa shape index (κ2) is 3.08. The van der Waals surface area contributed by atoms with Gasteiger partial charge in [0.25, 0.3) is 0 Å². The van der Waals surface area contributed by atoms with E-state index in [1.807, 2.05) is 6.92 Å². The van der Waals surface area contributed by atoms with Crippen LogP contribution in [-0.2, 0) is 9.84 Å². The second-order valence-corrected chi connectivity index (χ2v) is 5.27. The van der Waals surface area contributed by atoms with Crippen LogP contribution >= 0.6 is 0 Å². The van der Waals surface area contributed by atoms with Crippen molar-refractivity contribution in [2.75, 3.05) is 18.9 Å². The number of rotatable bonds is 1. The van der Waals surface area contributed by atoms with Gasteiger partial charge in [0.05, 0.1) is 17.6 Å². The molecule has 0 radical (unpaired) electrons. The molecule has 2 N–H and O–H groups in total. The Morgan fingerprint density at radius 3 is 2.73 bits per heavy atom. The Hall–Kier alpha value is -0.130. The molecule has 5 heteroatoms. The van der Waals surface area contributed by atoms with Gasteiger partial charge in [-0.3, -0.25) is 0 Å². The molecule has 0 aliphatic carbocycles. The van der Waals surface area contributed by atoms with Crippen molar-refractivity contribution in [3.63, 3.8) is 0 Å². The summed E-state index contributed by atoms with van der Waals surface area (Å²) >= 11 is 0. The van der Waals surface area contributed by atoms with Crippen molar-refractivity contribution < 1.29 is 13.5 Å². The molecule has 4 nitrogen and oxygen atoms in total. The van der Waals surface area contributed by atoms with Gasteiger partial charge in [0, 0.05) is 12.6 Å². The van der Waals surface area contributed by atoms with Crippen LogP contribution in [0.1, 0.15) is 6.92 Å². The van der Waals surface area contributed by atoms with Crippen LogP contribution in [0.5, 0.6) is 0 Å². The third kappa shape index (κ3) is 1.91. The summed E-state index contributed by atoms with van der Waals surface area (Å²) in [4.78, 5) is 0. The van der Waals surface area contributed by atoms with Gasteiger partial charge in [-0.05, 0) is 6.92 Å². The highest BCUT2D eigenvalue weighted by atomic mass is 32.2. The molecule has 1 heterocycles. The van der Waals surface area contributed by atoms with Crippen molar-refractivity contribution in [2.24, 2.45) is 0 Å². The highest BCUT2D eigenvalue weighted by Crippen LogP contribution is 2.08. The number of sulfone groups is 1. The molecule has 0 bridgehead atoms. The predicted octanol–water partition coefficient (Wildman–Crippen LogP) is -1.25. The summed E-state index contributed by atoms with van der Waals surface area (Å²) < 4.78 is 22.4. The van der Waals surface area contributed by atoms with E-state index in [0.717, 1.165) is 0 Å². The summed E-state index contributed by atoms with van der Waals surface area (Å²) in [5.41, 5.74) is 0. The van der Waals surface area contributed by atoms with E-state index in [9.17, 15) is 8.42 Å². The largest absolute Gasteiger partial charge is 0.395 e. The molecule has 2 atom stereocenters. The standard InChI is InChI=1S/C6H13NO3S/c1-5-4-11(9,10)6(3-8)2-7-5/h5-8H,2-4H2,1H3/t5-,6+/m1/s1. The van der Waals surface area contributed by atoms with E-state index in [1.165, 1.54) is 0 Å². The molecule has 1 aliphatic heterocycles. The second-order valence-electron chi connectivity index (χ2n) is 2.94. The predicted molar refractivity (Wildman–Crippen MR) is 42.1 cm³/mol. The van der Waals surface area contributed by atoms with Crippen LogP contribution in [0.25, 0.3) is 0 Å². The van der Waals surface area contributed by atoms with Crippen LogP contribution in [0.2, 0.25) is 0 Å². The topological polar surface area (TPSA) is 66.4 Å². The maximum absolute atomic E-state index is 11.2. The molecule has 1 rings (SSSR count). The normalized spacial score (nSPS) is 36.9. The number of nitrogens with one attached hydrogen (secondary N) is 1. The van der Waals surface area contributed by atoms with Crippen molar-refractivity contribution >= 4 is 9.84 Å². The molecule has 1 fully saturated rings. The highest BCUT2D eigenvalue weighted by molar-refractivity contribution is 7.92. The molecule has 0 spiro atoms. The van der Waals surface area contributed by atoms with Gasteiger partial charge >= 0.3 is 0 Å². The minimum Gasteiger partial charge on any atom is -0.395 e. The van der Waals surface area contributed by atoms with E-state index in [4.69, 9.17) is 5.11 Å². The molecule has 0 amide bonds. The molecule has 66 valence electrons. The number of hydrogen-bond donors (Lipinski definition) is 2. The van der Waals surface area contributed by atoms with E-state index >= 15 is 0 Å². The lowest BCUT2D eigenvalue weighted by Crippen LogP contribution is -2.50. The molecule has 0 saturated carbocycles. The third-order valence-corrected chi connectivity index (χ3v) is 4.18. The first kappa shape index (κ1) is 8.96. The Kier molecular flexibility index (Phi) is 2.51. The van der Waals surface area contributed by atoms with Crippen LogP contribution in [0.15, 0.2) is 0 Å². The van der Waals surface area contributed by atoms with Crippen LogP contribution in [0.3, 0.4) is 0 Å². The lowest BCUT2D eigenvalue weighted by atomic mass is 10.3. The lowest BCUT2D eigenvalue weighted by molar-refractivity contribution is 0.281. The van der Waals surface area contributed by atoms with Crippen LogP contribution in [0.4, 0.5) is 0 Å². The lowest BCUT2D eigenvalue weighted by Gasteiger charge is -2.26. The molecular weight excluding hydrogens is 166 g/mol. The summed E-state index contributed by atoms with van der Waals surface area (Å²) in [7, 11) is -3.04. The van der Waals surface area contributed by atoms with Crippen LogP contribution in [-0.4, -0.2) is 43.7 Å². The average Bonchev–Trinajstić information content (AvgIpc) is 1.85. The molecule has 0 aromatic heterocycles. The fraction of sp³-hybridized carbons (Fsp3) is 1.00. The third-order valence-electron chi connectivity index (χ3n) is 1.89. The Morgan fingerprint density at radius 2 is 2.27 bits per heavy atom. The van der Waals surface area contributed by atoms with Crippen molar-refractivity contribution in [2.45, 2.75) is 18.2 Å². The molecule has 1 saturated heterocycles. The van der Waals surface area contributed by atoms with E-state index in [0.29, 0.717) is 6.54 Å². The summed E-state index contributed by atoms with van der Waals surface area (Å²) in [6.45, 7) is 1.92. The Morgan fingerprint density at radius 1 is 1.64 bits per heavy atom. The zero-order chi connectivity index (χ0) is 8.48. The number of aliphatic hydroxyl groups excluding tert-OH is 1. The van der Waals surface area contributed by atoms with E-state index in [-0.39, 0.29) is 18.4 Å². The monoisotopic (exact) mass is 179 g/mol. The minimum absolute atomic E-state index is 0.0165. The fourth-order valence-corrected chi connectivity index (χ4v) is 2.85. The minimum atomic E-state index is -3.04. The molecule has 0 aromatic carbocycles. The smallest absolute Gasteiger partial charge is 0.158 e. The van der Waals surface area contributed by atoms with Gasteiger partial charge in [0.1, 0.15) is 0 Å². The summed E-state index contributed by atoms with van der Waals surface area (Å²) in [5.74, 6) is 0.137. The number of hydrogen-bond acceptors (Lipinski definition) is 4.